The topological polar surface area (TPSA) is 104 Å². The fraction of sp³-hybridized carbons (Fsp3) is 0.381. The van der Waals surface area contributed by atoms with E-state index in [1.54, 1.807) is 0 Å². The van der Waals surface area contributed by atoms with Crippen molar-refractivity contribution in [3.63, 3.8) is 0 Å². The number of nitrogens with zero attached hydrogens (tertiary/aromatic N) is 1. The van der Waals surface area contributed by atoms with Gasteiger partial charge in [0.05, 0.1) is 7.11 Å². The highest BCUT2D eigenvalue weighted by molar-refractivity contribution is 5.96. The number of nitrogens with one attached hydrogen (secondary N) is 1. The van der Waals surface area contributed by atoms with Gasteiger partial charge in [-0.1, -0.05) is 19.1 Å². The molecule has 0 saturated carbocycles. The maximum Gasteiger partial charge on any atom is 0.417 e. The number of anilines is 1. The van der Waals surface area contributed by atoms with E-state index in [0.717, 1.165) is 26.2 Å². The number of halogens is 5. The number of aromatic nitrogens is 1. The maximum atomic E-state index is 14.3. The summed E-state index contributed by atoms with van der Waals surface area (Å²) in [4.78, 5) is 28.2. The third kappa shape index (κ3) is 4.22. The molecule has 0 radical (unpaired) electrons. The first-order valence-electron chi connectivity index (χ1n) is 9.66. The van der Waals surface area contributed by atoms with Crippen molar-refractivity contribution in [1.29, 1.82) is 0 Å². The summed E-state index contributed by atoms with van der Waals surface area (Å²) in [5.74, 6) is -8.17. The van der Waals surface area contributed by atoms with Gasteiger partial charge in [0.2, 0.25) is 5.82 Å². The standard InChI is InChI=1S/C21H20F5N3O4/c1-9-14(10-7-8-11(22)15(23)16(10)32-3)17(33-20(9,2)21(24,25)26)19(31)29-13-6-4-5-12(28-13)18(27)30/h4-9,14,17H,1-3H3,(H2,27,30)(H,28,29,31)/t9-,14+,17-,20+/m0/s1. The largest absolute Gasteiger partial charge is 0.493 e. The summed E-state index contributed by atoms with van der Waals surface area (Å²) in [5, 5.41) is 2.29. The first-order valence-corrected chi connectivity index (χ1v) is 9.66. The molecule has 0 spiro atoms. The van der Waals surface area contributed by atoms with E-state index in [9.17, 15) is 31.5 Å². The molecule has 0 aliphatic carbocycles. The van der Waals surface area contributed by atoms with Crippen LogP contribution in [0.15, 0.2) is 30.3 Å². The zero-order valence-corrected chi connectivity index (χ0v) is 17.7. The number of primary amides is 1. The normalized spacial score (nSPS) is 25.0. The molecule has 2 amide bonds. The summed E-state index contributed by atoms with van der Waals surface area (Å²) in [6.45, 7) is 1.97. The molecule has 1 aromatic heterocycles. The Morgan fingerprint density at radius 3 is 2.45 bits per heavy atom. The Hall–Kier alpha value is -3.28. The monoisotopic (exact) mass is 473 g/mol. The number of ether oxygens (including phenoxy) is 2. The molecule has 33 heavy (non-hydrogen) atoms. The number of alkyl halides is 3. The molecule has 1 aliphatic rings. The van der Waals surface area contributed by atoms with Gasteiger partial charge in [-0.3, -0.25) is 9.59 Å². The zero-order chi connectivity index (χ0) is 24.7. The summed E-state index contributed by atoms with van der Waals surface area (Å²) in [5.41, 5.74) is 2.00. The lowest BCUT2D eigenvalue weighted by molar-refractivity contribution is -0.272. The van der Waals surface area contributed by atoms with E-state index in [4.69, 9.17) is 15.2 Å². The second-order valence-corrected chi connectivity index (χ2v) is 7.70. The Morgan fingerprint density at radius 1 is 1.21 bits per heavy atom. The van der Waals surface area contributed by atoms with E-state index in [1.807, 2.05) is 0 Å². The molecular formula is C21H20F5N3O4. The minimum atomic E-state index is -4.89. The van der Waals surface area contributed by atoms with E-state index in [-0.39, 0.29) is 17.1 Å². The number of carbonyl (C=O) groups excluding carboxylic acids is 2. The van der Waals surface area contributed by atoms with E-state index >= 15 is 0 Å². The molecule has 7 nitrogen and oxygen atoms in total. The van der Waals surface area contributed by atoms with Gasteiger partial charge in [0, 0.05) is 17.4 Å². The molecule has 1 aromatic carbocycles. The van der Waals surface area contributed by atoms with Crippen LogP contribution in [-0.4, -0.2) is 41.8 Å². The Morgan fingerprint density at radius 2 is 1.88 bits per heavy atom. The van der Waals surface area contributed by atoms with Crippen molar-refractivity contribution < 1.29 is 41.0 Å². The predicted molar refractivity (Wildman–Crippen MR) is 106 cm³/mol. The van der Waals surface area contributed by atoms with Gasteiger partial charge < -0.3 is 20.5 Å². The van der Waals surface area contributed by atoms with Crippen molar-refractivity contribution in [2.24, 2.45) is 11.7 Å². The molecule has 12 heteroatoms. The predicted octanol–water partition coefficient (Wildman–Crippen LogP) is 3.55. The molecular weight excluding hydrogens is 453 g/mol. The molecule has 2 aromatic rings. The summed E-state index contributed by atoms with van der Waals surface area (Å²) >= 11 is 0. The average Bonchev–Trinajstić information content (AvgIpc) is 3.02. The molecule has 2 heterocycles. The van der Waals surface area contributed by atoms with Crippen LogP contribution in [0.5, 0.6) is 5.75 Å². The van der Waals surface area contributed by atoms with Crippen molar-refractivity contribution in [3.05, 3.63) is 53.2 Å². The van der Waals surface area contributed by atoms with Crippen LogP contribution in [-0.2, 0) is 9.53 Å². The molecule has 0 bridgehead atoms. The molecule has 178 valence electrons. The van der Waals surface area contributed by atoms with Crippen LogP contribution in [0.2, 0.25) is 0 Å². The van der Waals surface area contributed by atoms with Gasteiger partial charge in [-0.05, 0) is 25.1 Å². The molecule has 3 N–H and O–H groups in total. The highest BCUT2D eigenvalue weighted by Crippen LogP contribution is 2.54. The van der Waals surface area contributed by atoms with E-state index in [2.05, 4.69) is 10.3 Å². The number of pyridine rings is 1. The number of carbonyl (C=O) groups is 2. The zero-order valence-electron chi connectivity index (χ0n) is 17.7. The Balaban J connectivity index is 2.07. The van der Waals surface area contributed by atoms with Crippen LogP contribution in [0, 0.1) is 17.6 Å². The fourth-order valence-corrected chi connectivity index (χ4v) is 3.88. The number of rotatable bonds is 5. The number of benzene rings is 1. The van der Waals surface area contributed by atoms with Gasteiger partial charge in [0.25, 0.3) is 11.8 Å². The lowest BCUT2D eigenvalue weighted by Crippen LogP contribution is -2.47. The minimum Gasteiger partial charge on any atom is -0.493 e. The Kier molecular flexibility index (Phi) is 6.33. The van der Waals surface area contributed by atoms with E-state index in [1.165, 1.54) is 25.1 Å². The first-order chi connectivity index (χ1) is 15.3. The van der Waals surface area contributed by atoms with Crippen LogP contribution in [0.1, 0.15) is 35.8 Å². The number of hydrogen-bond acceptors (Lipinski definition) is 5. The van der Waals surface area contributed by atoms with Gasteiger partial charge in [-0.15, -0.1) is 0 Å². The number of nitrogens with two attached hydrogens (primary N) is 1. The van der Waals surface area contributed by atoms with Crippen molar-refractivity contribution in [2.45, 2.75) is 37.6 Å². The third-order valence-electron chi connectivity index (χ3n) is 5.82. The van der Waals surface area contributed by atoms with Gasteiger partial charge in [0.15, 0.2) is 17.2 Å². The van der Waals surface area contributed by atoms with Gasteiger partial charge in [-0.25, -0.2) is 9.37 Å². The van der Waals surface area contributed by atoms with Crippen molar-refractivity contribution in [2.75, 3.05) is 12.4 Å². The molecule has 3 rings (SSSR count). The van der Waals surface area contributed by atoms with Crippen molar-refractivity contribution >= 4 is 17.6 Å². The van der Waals surface area contributed by atoms with Gasteiger partial charge in [0.1, 0.15) is 17.6 Å². The van der Waals surface area contributed by atoms with Crippen LogP contribution in [0.3, 0.4) is 0 Å². The van der Waals surface area contributed by atoms with Crippen LogP contribution >= 0.6 is 0 Å². The second-order valence-electron chi connectivity index (χ2n) is 7.70. The fourth-order valence-electron chi connectivity index (χ4n) is 3.88. The average molecular weight is 473 g/mol. The van der Waals surface area contributed by atoms with Crippen LogP contribution in [0.4, 0.5) is 27.8 Å². The van der Waals surface area contributed by atoms with Gasteiger partial charge in [-0.2, -0.15) is 17.6 Å². The number of methoxy groups -OCH3 is 1. The lowest BCUT2D eigenvalue weighted by Gasteiger charge is -2.32. The number of hydrogen-bond donors (Lipinski definition) is 2. The van der Waals surface area contributed by atoms with E-state index < -0.39 is 58.9 Å². The molecule has 4 atom stereocenters. The van der Waals surface area contributed by atoms with Crippen molar-refractivity contribution in [3.8, 4) is 5.75 Å². The molecule has 1 saturated heterocycles. The first kappa shape index (κ1) is 24.4. The highest BCUT2D eigenvalue weighted by Gasteiger charge is 2.65. The summed E-state index contributed by atoms with van der Waals surface area (Å²) in [6, 6.07) is 5.71. The summed E-state index contributed by atoms with van der Waals surface area (Å²) < 4.78 is 80.0. The van der Waals surface area contributed by atoms with Crippen LogP contribution in [0.25, 0.3) is 0 Å². The van der Waals surface area contributed by atoms with Gasteiger partial charge >= 0.3 is 6.18 Å². The Labute approximate surface area is 185 Å². The smallest absolute Gasteiger partial charge is 0.417 e. The minimum absolute atomic E-state index is 0.163. The summed E-state index contributed by atoms with van der Waals surface area (Å²) in [6.07, 6.45) is -6.68. The molecule has 1 fully saturated rings. The lowest BCUT2D eigenvalue weighted by atomic mass is 9.77. The van der Waals surface area contributed by atoms with E-state index in [0.29, 0.717) is 0 Å². The quantitative estimate of drug-likeness (QED) is 0.647. The number of amides is 2. The summed E-state index contributed by atoms with van der Waals surface area (Å²) in [7, 11) is 1.03. The maximum absolute atomic E-state index is 14.3. The Bertz CT molecular complexity index is 1090. The van der Waals surface area contributed by atoms with Crippen molar-refractivity contribution in [1.82, 2.24) is 4.98 Å². The SMILES string of the molecule is COc1c([C@@H]2[C@@H](C(=O)Nc3cccc(C(N)=O)n3)O[C@@](C)(C(F)(F)F)[C@H]2C)ccc(F)c1F. The third-order valence-corrected chi connectivity index (χ3v) is 5.82. The molecule has 1 aliphatic heterocycles. The highest BCUT2D eigenvalue weighted by atomic mass is 19.4. The molecule has 0 unspecified atom stereocenters. The van der Waals surface area contributed by atoms with Crippen LogP contribution < -0.4 is 15.8 Å². The second kappa shape index (κ2) is 8.58.